The SMILES string of the molecule is CCCC(NC(=O)Nc1ccc(Cl)c(Br)c1)C(=O)O. The molecule has 1 unspecified atom stereocenters. The summed E-state index contributed by atoms with van der Waals surface area (Å²) >= 11 is 9.07. The van der Waals surface area contributed by atoms with Crippen molar-refractivity contribution in [1.29, 1.82) is 0 Å². The first-order chi connectivity index (χ1) is 8.93. The molecule has 0 bridgehead atoms. The zero-order chi connectivity index (χ0) is 14.4. The number of carboxylic acid groups (broad SMARTS) is 1. The van der Waals surface area contributed by atoms with Crippen molar-refractivity contribution in [2.75, 3.05) is 5.32 Å². The van der Waals surface area contributed by atoms with Gasteiger partial charge in [-0.2, -0.15) is 0 Å². The van der Waals surface area contributed by atoms with Gasteiger partial charge in [0.2, 0.25) is 0 Å². The maximum atomic E-state index is 11.7. The van der Waals surface area contributed by atoms with Crippen molar-refractivity contribution in [2.24, 2.45) is 0 Å². The molecule has 0 fully saturated rings. The summed E-state index contributed by atoms with van der Waals surface area (Å²) in [5, 5.41) is 14.4. The van der Waals surface area contributed by atoms with Gasteiger partial charge in [-0.1, -0.05) is 24.9 Å². The van der Waals surface area contributed by atoms with Gasteiger partial charge in [-0.25, -0.2) is 9.59 Å². The minimum atomic E-state index is -1.05. The molecule has 0 spiro atoms. The van der Waals surface area contributed by atoms with Crippen molar-refractivity contribution < 1.29 is 14.7 Å². The first kappa shape index (κ1) is 15.8. The molecular weight excluding hydrogens is 336 g/mol. The first-order valence-corrected chi connectivity index (χ1v) is 6.86. The summed E-state index contributed by atoms with van der Waals surface area (Å²) in [4.78, 5) is 22.6. The largest absolute Gasteiger partial charge is 0.480 e. The molecule has 0 aliphatic heterocycles. The van der Waals surface area contributed by atoms with Gasteiger partial charge in [-0.15, -0.1) is 0 Å². The molecule has 0 aliphatic rings. The number of rotatable bonds is 5. The van der Waals surface area contributed by atoms with E-state index in [9.17, 15) is 9.59 Å². The van der Waals surface area contributed by atoms with Crippen LogP contribution in [0.15, 0.2) is 22.7 Å². The van der Waals surface area contributed by atoms with Crippen molar-refractivity contribution in [2.45, 2.75) is 25.8 Å². The molecule has 19 heavy (non-hydrogen) atoms. The summed E-state index contributed by atoms with van der Waals surface area (Å²) in [6.45, 7) is 1.85. The Hall–Kier alpha value is -1.27. The normalized spacial score (nSPS) is 11.7. The van der Waals surface area contributed by atoms with Gasteiger partial charge in [0, 0.05) is 10.2 Å². The molecule has 5 nitrogen and oxygen atoms in total. The Morgan fingerprint density at radius 3 is 2.68 bits per heavy atom. The molecule has 1 atom stereocenters. The summed E-state index contributed by atoms with van der Waals surface area (Å²) in [7, 11) is 0. The zero-order valence-electron chi connectivity index (χ0n) is 10.2. The number of amides is 2. The van der Waals surface area contributed by atoms with Gasteiger partial charge in [0.05, 0.1) is 5.02 Å². The van der Waals surface area contributed by atoms with Crippen LogP contribution in [-0.4, -0.2) is 23.1 Å². The molecule has 3 N–H and O–H groups in total. The van der Waals surface area contributed by atoms with E-state index in [4.69, 9.17) is 16.7 Å². The lowest BCUT2D eigenvalue weighted by molar-refractivity contribution is -0.139. The molecule has 0 aromatic heterocycles. The van der Waals surface area contributed by atoms with Crippen molar-refractivity contribution in [1.82, 2.24) is 5.32 Å². The van der Waals surface area contributed by atoms with Gasteiger partial charge in [0.1, 0.15) is 6.04 Å². The summed E-state index contributed by atoms with van der Waals surface area (Å²) in [5.74, 6) is -1.05. The molecule has 1 aromatic carbocycles. The standard InChI is InChI=1S/C12H14BrClN2O3/c1-2-3-10(11(17)18)16-12(19)15-7-4-5-9(14)8(13)6-7/h4-6,10H,2-3H2,1H3,(H,17,18)(H2,15,16,19). The minimum absolute atomic E-state index is 0.382. The van der Waals surface area contributed by atoms with Crippen LogP contribution < -0.4 is 10.6 Å². The molecular formula is C12H14BrClN2O3. The highest BCUT2D eigenvalue weighted by atomic mass is 79.9. The Kier molecular flexibility index (Phi) is 6.11. The third-order valence-electron chi connectivity index (χ3n) is 2.36. The molecule has 0 radical (unpaired) electrons. The van der Waals surface area contributed by atoms with Gasteiger partial charge >= 0.3 is 12.0 Å². The number of hydrogen-bond acceptors (Lipinski definition) is 2. The fourth-order valence-electron chi connectivity index (χ4n) is 1.45. The second-order valence-corrected chi connectivity index (χ2v) is 5.17. The number of benzene rings is 1. The van der Waals surface area contributed by atoms with Crippen molar-refractivity contribution >= 4 is 45.2 Å². The molecule has 7 heteroatoms. The minimum Gasteiger partial charge on any atom is -0.480 e. The van der Waals surface area contributed by atoms with Crippen LogP contribution in [0, 0.1) is 0 Å². The van der Waals surface area contributed by atoms with Crippen LogP contribution in [0.3, 0.4) is 0 Å². The van der Waals surface area contributed by atoms with Crippen molar-refractivity contribution in [3.8, 4) is 0 Å². The number of urea groups is 1. The third-order valence-corrected chi connectivity index (χ3v) is 3.57. The highest BCUT2D eigenvalue weighted by Crippen LogP contribution is 2.25. The maximum Gasteiger partial charge on any atom is 0.326 e. The second kappa shape index (κ2) is 7.35. The summed E-state index contributed by atoms with van der Waals surface area (Å²) in [6.07, 6.45) is 1.05. The molecule has 0 aliphatic carbocycles. The summed E-state index contributed by atoms with van der Waals surface area (Å²) in [6, 6.07) is 3.44. The van der Waals surface area contributed by atoms with Crippen LogP contribution in [0.2, 0.25) is 5.02 Å². The van der Waals surface area contributed by atoms with Crippen LogP contribution in [0.5, 0.6) is 0 Å². The Bertz CT molecular complexity index is 482. The van der Waals surface area contributed by atoms with E-state index < -0.39 is 18.0 Å². The molecule has 1 aromatic rings. The Morgan fingerprint density at radius 2 is 2.16 bits per heavy atom. The van der Waals surface area contributed by atoms with E-state index in [1.165, 1.54) is 0 Å². The third kappa shape index (κ3) is 5.08. The molecule has 0 saturated carbocycles. The van der Waals surface area contributed by atoms with E-state index in [-0.39, 0.29) is 0 Å². The van der Waals surface area contributed by atoms with E-state index in [1.54, 1.807) is 18.2 Å². The van der Waals surface area contributed by atoms with E-state index in [0.29, 0.717) is 28.0 Å². The van der Waals surface area contributed by atoms with E-state index in [1.807, 2.05) is 6.92 Å². The zero-order valence-corrected chi connectivity index (χ0v) is 12.6. The van der Waals surface area contributed by atoms with Crippen molar-refractivity contribution in [3.05, 3.63) is 27.7 Å². The molecule has 104 valence electrons. The Morgan fingerprint density at radius 1 is 1.47 bits per heavy atom. The smallest absolute Gasteiger partial charge is 0.326 e. The van der Waals surface area contributed by atoms with Gasteiger partial charge in [-0.05, 0) is 40.5 Å². The Balaban J connectivity index is 2.63. The molecule has 0 heterocycles. The number of halogens is 2. The topological polar surface area (TPSA) is 78.4 Å². The number of hydrogen-bond donors (Lipinski definition) is 3. The fourth-order valence-corrected chi connectivity index (χ4v) is 1.94. The highest BCUT2D eigenvalue weighted by Gasteiger charge is 2.18. The predicted molar refractivity (Wildman–Crippen MR) is 77.6 cm³/mol. The molecule has 0 saturated heterocycles. The summed E-state index contributed by atoms with van der Waals surface area (Å²) in [5.41, 5.74) is 0.523. The van der Waals surface area contributed by atoms with Gasteiger partial charge in [0.25, 0.3) is 0 Å². The molecule has 2 amide bonds. The van der Waals surface area contributed by atoms with Crippen LogP contribution in [0.1, 0.15) is 19.8 Å². The number of carbonyl (C=O) groups excluding carboxylic acids is 1. The number of nitrogens with one attached hydrogen (secondary N) is 2. The number of aliphatic carboxylic acids is 1. The lowest BCUT2D eigenvalue weighted by Crippen LogP contribution is -2.42. The Labute approximate surface area is 124 Å². The maximum absolute atomic E-state index is 11.7. The van der Waals surface area contributed by atoms with Gasteiger partial charge in [0.15, 0.2) is 0 Å². The number of carboxylic acids is 1. The van der Waals surface area contributed by atoms with Crippen LogP contribution >= 0.6 is 27.5 Å². The van der Waals surface area contributed by atoms with E-state index in [0.717, 1.165) is 0 Å². The van der Waals surface area contributed by atoms with E-state index >= 15 is 0 Å². The van der Waals surface area contributed by atoms with Gasteiger partial charge in [-0.3, -0.25) is 0 Å². The van der Waals surface area contributed by atoms with Crippen LogP contribution in [-0.2, 0) is 4.79 Å². The average Bonchev–Trinajstić information content (AvgIpc) is 2.33. The van der Waals surface area contributed by atoms with Crippen LogP contribution in [0.4, 0.5) is 10.5 Å². The van der Waals surface area contributed by atoms with Gasteiger partial charge < -0.3 is 15.7 Å². The predicted octanol–water partition coefficient (Wildman–Crippen LogP) is 3.48. The second-order valence-electron chi connectivity index (χ2n) is 3.91. The average molecular weight is 350 g/mol. The number of anilines is 1. The first-order valence-electron chi connectivity index (χ1n) is 5.69. The van der Waals surface area contributed by atoms with Crippen molar-refractivity contribution in [3.63, 3.8) is 0 Å². The lowest BCUT2D eigenvalue weighted by Gasteiger charge is -2.14. The monoisotopic (exact) mass is 348 g/mol. The fraction of sp³-hybridized carbons (Fsp3) is 0.333. The lowest BCUT2D eigenvalue weighted by atomic mass is 10.2. The summed E-state index contributed by atoms with van der Waals surface area (Å²) < 4.78 is 0.648. The molecule has 1 rings (SSSR count). The van der Waals surface area contributed by atoms with Crippen LogP contribution in [0.25, 0.3) is 0 Å². The number of carbonyl (C=O) groups is 2. The van der Waals surface area contributed by atoms with E-state index in [2.05, 4.69) is 26.6 Å². The quantitative estimate of drug-likeness (QED) is 0.761. The highest BCUT2D eigenvalue weighted by molar-refractivity contribution is 9.10.